The van der Waals surface area contributed by atoms with Crippen LogP contribution in [-0.4, -0.2) is 23.7 Å². The number of anilines is 1. The zero-order chi connectivity index (χ0) is 9.84. The molecule has 1 heterocycles. The molecule has 0 saturated carbocycles. The third kappa shape index (κ3) is 2.42. The van der Waals surface area contributed by atoms with Gasteiger partial charge in [-0.15, -0.1) is 0 Å². The summed E-state index contributed by atoms with van der Waals surface area (Å²) in [6.45, 7) is 4.74. The maximum atomic E-state index is 9.26. The molecule has 0 spiro atoms. The molecule has 0 aliphatic carbocycles. The lowest BCUT2D eigenvalue weighted by molar-refractivity contribution is 0.199. The van der Waals surface area contributed by atoms with Gasteiger partial charge in [-0.3, -0.25) is 0 Å². The van der Waals surface area contributed by atoms with Crippen molar-refractivity contribution >= 4 is 5.82 Å². The lowest BCUT2D eigenvalue weighted by atomic mass is 10.2. The molecule has 0 aliphatic rings. The fourth-order valence-corrected chi connectivity index (χ4v) is 1.03. The van der Waals surface area contributed by atoms with Crippen molar-refractivity contribution in [3.8, 4) is 0 Å². The average Bonchev–Trinajstić information content (AvgIpc) is 2.17. The van der Waals surface area contributed by atoms with E-state index in [-0.39, 0.29) is 0 Å². The van der Waals surface area contributed by atoms with Crippen molar-refractivity contribution < 1.29 is 5.11 Å². The second-order valence-electron chi connectivity index (χ2n) is 3.14. The number of pyridine rings is 1. The van der Waals surface area contributed by atoms with Gasteiger partial charge in [0.05, 0.1) is 6.10 Å². The van der Waals surface area contributed by atoms with Crippen LogP contribution in [0.1, 0.15) is 25.5 Å². The lowest BCUT2D eigenvalue weighted by Crippen LogP contribution is -2.17. The molecule has 0 radical (unpaired) electrons. The maximum Gasteiger partial charge on any atom is 0.128 e. The predicted molar refractivity (Wildman–Crippen MR) is 53.8 cm³/mol. The highest BCUT2D eigenvalue weighted by Crippen LogP contribution is 2.14. The number of aliphatic hydroxyl groups excluding tert-OH is 1. The van der Waals surface area contributed by atoms with Gasteiger partial charge in [-0.2, -0.15) is 0 Å². The van der Waals surface area contributed by atoms with E-state index >= 15 is 0 Å². The van der Waals surface area contributed by atoms with Crippen LogP contribution in [0.15, 0.2) is 18.3 Å². The van der Waals surface area contributed by atoms with Gasteiger partial charge in [0.15, 0.2) is 0 Å². The van der Waals surface area contributed by atoms with E-state index in [0.29, 0.717) is 0 Å². The van der Waals surface area contributed by atoms with Crippen molar-refractivity contribution in [3.05, 3.63) is 23.9 Å². The molecule has 13 heavy (non-hydrogen) atoms. The molecule has 3 nitrogen and oxygen atoms in total. The van der Waals surface area contributed by atoms with Gasteiger partial charge >= 0.3 is 0 Å². The minimum atomic E-state index is -0.437. The molecule has 1 N–H and O–H groups in total. The zero-order valence-corrected chi connectivity index (χ0v) is 8.36. The van der Waals surface area contributed by atoms with Crippen LogP contribution in [-0.2, 0) is 0 Å². The summed E-state index contributed by atoms with van der Waals surface area (Å²) in [6.07, 6.45) is 1.28. The third-order valence-electron chi connectivity index (χ3n) is 2.12. The van der Waals surface area contributed by atoms with Crippen molar-refractivity contribution in [1.82, 2.24) is 4.98 Å². The van der Waals surface area contributed by atoms with Gasteiger partial charge in [0, 0.05) is 19.8 Å². The van der Waals surface area contributed by atoms with Crippen molar-refractivity contribution in [1.29, 1.82) is 0 Å². The first-order valence-corrected chi connectivity index (χ1v) is 4.50. The normalized spacial score (nSPS) is 12.6. The molecule has 3 heteroatoms. The van der Waals surface area contributed by atoms with Crippen LogP contribution in [0, 0.1) is 0 Å². The summed E-state index contributed by atoms with van der Waals surface area (Å²) in [7, 11) is 1.99. The Balaban J connectivity index is 2.81. The standard InChI is InChI=1S/C10H16N2O/c1-4-12(3)10-6-5-9(7-11-10)8(2)13/h5-8,13H,4H2,1-3H3/t8-/m1/s1. The molecule has 0 unspecified atom stereocenters. The predicted octanol–water partition coefficient (Wildman–Crippen LogP) is 1.59. The SMILES string of the molecule is CCN(C)c1ccc([C@@H](C)O)cn1. The van der Waals surface area contributed by atoms with Crippen LogP contribution in [0.4, 0.5) is 5.82 Å². The molecule has 1 atom stereocenters. The number of rotatable bonds is 3. The van der Waals surface area contributed by atoms with E-state index in [0.717, 1.165) is 17.9 Å². The average molecular weight is 180 g/mol. The minimum absolute atomic E-state index is 0.437. The van der Waals surface area contributed by atoms with Crippen molar-refractivity contribution in [3.63, 3.8) is 0 Å². The number of nitrogens with zero attached hydrogens (tertiary/aromatic N) is 2. The molecular weight excluding hydrogens is 164 g/mol. The molecular formula is C10H16N2O. The molecule has 0 amide bonds. The summed E-state index contributed by atoms with van der Waals surface area (Å²) in [5.74, 6) is 0.937. The highest BCUT2D eigenvalue weighted by atomic mass is 16.3. The molecule has 0 fully saturated rings. The molecule has 0 bridgehead atoms. The summed E-state index contributed by atoms with van der Waals surface area (Å²) >= 11 is 0. The van der Waals surface area contributed by atoms with Crippen LogP contribution in [0.5, 0.6) is 0 Å². The first-order chi connectivity index (χ1) is 6.15. The Morgan fingerprint density at radius 1 is 1.54 bits per heavy atom. The number of aromatic nitrogens is 1. The Kier molecular flexibility index (Phi) is 3.25. The highest BCUT2D eigenvalue weighted by Gasteiger charge is 2.02. The Morgan fingerprint density at radius 3 is 2.62 bits per heavy atom. The third-order valence-corrected chi connectivity index (χ3v) is 2.12. The van der Waals surface area contributed by atoms with E-state index in [2.05, 4.69) is 11.9 Å². The van der Waals surface area contributed by atoms with Crippen molar-refractivity contribution in [2.75, 3.05) is 18.5 Å². The van der Waals surface area contributed by atoms with Gasteiger partial charge in [-0.05, 0) is 25.5 Å². The topological polar surface area (TPSA) is 36.4 Å². The van der Waals surface area contributed by atoms with Gasteiger partial charge in [0.1, 0.15) is 5.82 Å². The van der Waals surface area contributed by atoms with E-state index in [4.69, 9.17) is 0 Å². The van der Waals surface area contributed by atoms with E-state index in [1.165, 1.54) is 0 Å². The van der Waals surface area contributed by atoms with Crippen LogP contribution >= 0.6 is 0 Å². The Hall–Kier alpha value is -1.09. The first kappa shape index (κ1) is 9.99. The van der Waals surface area contributed by atoms with Gasteiger partial charge in [0.2, 0.25) is 0 Å². The van der Waals surface area contributed by atoms with Gasteiger partial charge in [0.25, 0.3) is 0 Å². The quantitative estimate of drug-likeness (QED) is 0.767. The van der Waals surface area contributed by atoms with Crippen molar-refractivity contribution in [2.45, 2.75) is 20.0 Å². The first-order valence-electron chi connectivity index (χ1n) is 4.50. The summed E-state index contributed by atoms with van der Waals surface area (Å²) < 4.78 is 0. The van der Waals surface area contributed by atoms with Crippen LogP contribution in [0.25, 0.3) is 0 Å². The van der Waals surface area contributed by atoms with E-state index in [1.807, 2.05) is 24.1 Å². The minimum Gasteiger partial charge on any atom is -0.389 e. The maximum absolute atomic E-state index is 9.26. The monoisotopic (exact) mass is 180 g/mol. The fraction of sp³-hybridized carbons (Fsp3) is 0.500. The lowest BCUT2D eigenvalue weighted by Gasteiger charge is -2.15. The Bertz CT molecular complexity index is 256. The molecule has 0 saturated heterocycles. The molecule has 0 aromatic carbocycles. The van der Waals surface area contributed by atoms with E-state index in [1.54, 1.807) is 13.1 Å². The molecule has 1 aromatic heterocycles. The second-order valence-corrected chi connectivity index (χ2v) is 3.14. The van der Waals surface area contributed by atoms with E-state index < -0.39 is 6.10 Å². The summed E-state index contributed by atoms with van der Waals surface area (Å²) in [5, 5.41) is 9.26. The number of hydrogen-bond donors (Lipinski definition) is 1. The number of aliphatic hydroxyl groups is 1. The highest BCUT2D eigenvalue weighted by molar-refractivity contribution is 5.38. The summed E-state index contributed by atoms with van der Waals surface area (Å²) in [4.78, 5) is 6.28. The Labute approximate surface area is 79.0 Å². The largest absolute Gasteiger partial charge is 0.389 e. The van der Waals surface area contributed by atoms with Crippen LogP contribution in [0.3, 0.4) is 0 Å². The van der Waals surface area contributed by atoms with E-state index in [9.17, 15) is 5.11 Å². The smallest absolute Gasteiger partial charge is 0.128 e. The summed E-state index contributed by atoms with van der Waals surface area (Å²) in [6, 6.07) is 3.82. The van der Waals surface area contributed by atoms with Gasteiger partial charge < -0.3 is 10.0 Å². The summed E-state index contributed by atoms with van der Waals surface area (Å²) in [5.41, 5.74) is 0.855. The molecule has 1 aromatic rings. The molecule has 72 valence electrons. The second kappa shape index (κ2) is 4.23. The van der Waals surface area contributed by atoms with Gasteiger partial charge in [-0.25, -0.2) is 4.98 Å². The Morgan fingerprint density at radius 2 is 2.23 bits per heavy atom. The van der Waals surface area contributed by atoms with Crippen molar-refractivity contribution in [2.24, 2.45) is 0 Å². The fourth-order valence-electron chi connectivity index (χ4n) is 1.03. The molecule has 0 aliphatic heterocycles. The number of hydrogen-bond acceptors (Lipinski definition) is 3. The van der Waals surface area contributed by atoms with Crippen LogP contribution in [0.2, 0.25) is 0 Å². The van der Waals surface area contributed by atoms with Gasteiger partial charge in [-0.1, -0.05) is 6.07 Å². The molecule has 1 rings (SSSR count). The van der Waals surface area contributed by atoms with Crippen LogP contribution < -0.4 is 4.90 Å². The zero-order valence-electron chi connectivity index (χ0n) is 8.36.